The lowest BCUT2D eigenvalue weighted by Crippen LogP contribution is -2.64. The van der Waals surface area contributed by atoms with Crippen LogP contribution in [0.5, 0.6) is 0 Å². The molecular weight excluding hydrogens is 238 g/mol. The summed E-state index contributed by atoms with van der Waals surface area (Å²) in [6.45, 7) is 5.08. The molecule has 0 aromatic rings. The molecule has 2 saturated carbocycles. The van der Waals surface area contributed by atoms with E-state index in [1.807, 2.05) is 0 Å². The number of methoxy groups -OCH3 is 1. The molecule has 1 N–H and O–H groups in total. The van der Waals surface area contributed by atoms with Crippen LogP contribution >= 0.6 is 0 Å². The van der Waals surface area contributed by atoms with E-state index in [1.165, 1.54) is 44.9 Å². The Balaban J connectivity index is 1.82. The number of hydrogen-bond donors (Lipinski definition) is 1. The lowest BCUT2D eigenvalue weighted by Gasteiger charge is -2.58. The minimum absolute atomic E-state index is 0.459. The predicted octanol–water partition coefficient (Wildman–Crippen LogP) is 3.13. The summed E-state index contributed by atoms with van der Waals surface area (Å²) in [4.78, 5) is 0. The number of ether oxygens (including phenoxy) is 2. The summed E-state index contributed by atoms with van der Waals surface area (Å²) < 4.78 is 11.3. The van der Waals surface area contributed by atoms with Crippen molar-refractivity contribution in [3.63, 3.8) is 0 Å². The van der Waals surface area contributed by atoms with Gasteiger partial charge in [0.25, 0.3) is 0 Å². The second-order valence-electron chi connectivity index (χ2n) is 6.24. The fraction of sp³-hybridized carbons (Fsp3) is 1.00. The van der Waals surface area contributed by atoms with Crippen LogP contribution in [0.3, 0.4) is 0 Å². The highest BCUT2D eigenvalue weighted by molar-refractivity contribution is 5.08. The fourth-order valence-electron chi connectivity index (χ4n) is 3.90. The van der Waals surface area contributed by atoms with Gasteiger partial charge in [0.05, 0.1) is 6.10 Å². The first kappa shape index (κ1) is 15.3. The summed E-state index contributed by atoms with van der Waals surface area (Å²) in [7, 11) is 1.76. The second-order valence-corrected chi connectivity index (χ2v) is 6.24. The van der Waals surface area contributed by atoms with E-state index in [9.17, 15) is 0 Å². The van der Waals surface area contributed by atoms with Gasteiger partial charge in [-0.3, -0.25) is 0 Å². The van der Waals surface area contributed by atoms with Crippen molar-refractivity contribution in [1.29, 1.82) is 0 Å². The van der Waals surface area contributed by atoms with Crippen LogP contribution in [-0.4, -0.2) is 39.0 Å². The first-order chi connectivity index (χ1) is 9.33. The molecule has 2 aliphatic rings. The molecule has 0 aliphatic heterocycles. The summed E-state index contributed by atoms with van der Waals surface area (Å²) in [5, 5.41) is 3.76. The monoisotopic (exact) mass is 269 g/mol. The molecule has 0 amide bonds. The maximum absolute atomic E-state index is 6.16. The van der Waals surface area contributed by atoms with Gasteiger partial charge in [-0.25, -0.2) is 0 Å². The zero-order chi connectivity index (χ0) is 13.6. The van der Waals surface area contributed by atoms with E-state index in [4.69, 9.17) is 9.47 Å². The number of rotatable bonds is 8. The molecule has 2 aliphatic carbocycles. The van der Waals surface area contributed by atoms with E-state index in [0.717, 1.165) is 26.2 Å². The van der Waals surface area contributed by atoms with E-state index in [0.29, 0.717) is 17.6 Å². The topological polar surface area (TPSA) is 30.5 Å². The molecule has 2 atom stereocenters. The summed E-state index contributed by atoms with van der Waals surface area (Å²) in [6, 6.07) is 0.708. The molecule has 19 heavy (non-hydrogen) atoms. The van der Waals surface area contributed by atoms with E-state index in [-0.39, 0.29) is 0 Å². The lowest BCUT2D eigenvalue weighted by atomic mass is 9.55. The van der Waals surface area contributed by atoms with Crippen LogP contribution in [0.1, 0.15) is 58.3 Å². The average molecular weight is 269 g/mol. The Morgan fingerprint density at radius 1 is 1.16 bits per heavy atom. The Labute approximate surface area is 118 Å². The van der Waals surface area contributed by atoms with Gasteiger partial charge < -0.3 is 14.8 Å². The van der Waals surface area contributed by atoms with E-state index in [2.05, 4.69) is 12.2 Å². The van der Waals surface area contributed by atoms with Crippen molar-refractivity contribution in [2.24, 2.45) is 5.41 Å². The van der Waals surface area contributed by atoms with Gasteiger partial charge in [-0.05, 0) is 38.6 Å². The molecule has 3 heteroatoms. The Morgan fingerprint density at radius 2 is 1.95 bits per heavy atom. The molecule has 112 valence electrons. The Morgan fingerprint density at radius 3 is 2.63 bits per heavy atom. The van der Waals surface area contributed by atoms with Crippen molar-refractivity contribution < 1.29 is 9.47 Å². The van der Waals surface area contributed by atoms with Crippen molar-refractivity contribution in [2.75, 3.05) is 26.9 Å². The van der Waals surface area contributed by atoms with Crippen LogP contribution in [0.25, 0.3) is 0 Å². The molecule has 0 saturated heterocycles. The molecule has 3 nitrogen and oxygen atoms in total. The molecule has 0 heterocycles. The molecule has 1 spiro atoms. The van der Waals surface area contributed by atoms with Gasteiger partial charge in [0.2, 0.25) is 0 Å². The van der Waals surface area contributed by atoms with Gasteiger partial charge in [0.15, 0.2) is 0 Å². The third kappa shape index (κ3) is 3.50. The SMILES string of the molecule is CCCNC1CC(OCCCOC)C12CCCCC2. The van der Waals surface area contributed by atoms with Crippen molar-refractivity contribution in [1.82, 2.24) is 5.32 Å². The van der Waals surface area contributed by atoms with Gasteiger partial charge in [-0.2, -0.15) is 0 Å². The maximum atomic E-state index is 6.16. The average Bonchev–Trinajstić information content (AvgIpc) is 2.46. The highest BCUT2D eigenvalue weighted by atomic mass is 16.5. The Kier molecular flexibility index (Phi) is 6.11. The largest absolute Gasteiger partial charge is 0.385 e. The van der Waals surface area contributed by atoms with Crippen LogP contribution < -0.4 is 5.32 Å². The third-order valence-corrected chi connectivity index (χ3v) is 5.02. The van der Waals surface area contributed by atoms with E-state index >= 15 is 0 Å². The second kappa shape index (κ2) is 7.61. The maximum Gasteiger partial charge on any atom is 0.0661 e. The molecular formula is C16H31NO2. The number of nitrogens with one attached hydrogen (secondary N) is 1. The molecule has 0 aromatic heterocycles. The Bertz CT molecular complexity index is 249. The summed E-state index contributed by atoms with van der Waals surface area (Å²) in [6.07, 6.45) is 10.9. The molecule has 0 bridgehead atoms. The van der Waals surface area contributed by atoms with Crippen LogP contribution in [0.4, 0.5) is 0 Å². The standard InChI is InChI=1S/C16H31NO2/c1-3-10-17-14-13-15(19-12-7-11-18-2)16(14)8-5-4-6-9-16/h14-15,17H,3-13H2,1-2H3. The van der Waals surface area contributed by atoms with Crippen molar-refractivity contribution in [3.8, 4) is 0 Å². The van der Waals surface area contributed by atoms with Gasteiger partial charge in [-0.1, -0.05) is 26.2 Å². The van der Waals surface area contributed by atoms with Crippen LogP contribution in [0.2, 0.25) is 0 Å². The van der Waals surface area contributed by atoms with Crippen molar-refractivity contribution in [2.45, 2.75) is 70.4 Å². The third-order valence-electron chi connectivity index (χ3n) is 5.02. The molecule has 2 unspecified atom stereocenters. The molecule has 0 aromatic carbocycles. The van der Waals surface area contributed by atoms with Crippen LogP contribution in [0.15, 0.2) is 0 Å². The van der Waals surface area contributed by atoms with Crippen molar-refractivity contribution in [3.05, 3.63) is 0 Å². The van der Waals surface area contributed by atoms with Gasteiger partial charge in [0, 0.05) is 31.8 Å². The minimum atomic E-state index is 0.459. The van der Waals surface area contributed by atoms with E-state index < -0.39 is 0 Å². The normalized spacial score (nSPS) is 29.4. The zero-order valence-corrected chi connectivity index (χ0v) is 12.7. The Hall–Kier alpha value is -0.120. The van der Waals surface area contributed by atoms with E-state index in [1.54, 1.807) is 7.11 Å². The summed E-state index contributed by atoms with van der Waals surface area (Å²) in [5.41, 5.74) is 0.459. The molecule has 2 fully saturated rings. The number of hydrogen-bond acceptors (Lipinski definition) is 3. The summed E-state index contributed by atoms with van der Waals surface area (Å²) in [5.74, 6) is 0. The predicted molar refractivity (Wildman–Crippen MR) is 78.4 cm³/mol. The summed E-state index contributed by atoms with van der Waals surface area (Å²) >= 11 is 0. The zero-order valence-electron chi connectivity index (χ0n) is 12.7. The van der Waals surface area contributed by atoms with Crippen LogP contribution in [-0.2, 0) is 9.47 Å². The quantitative estimate of drug-likeness (QED) is 0.687. The van der Waals surface area contributed by atoms with Crippen LogP contribution in [0, 0.1) is 5.41 Å². The fourth-order valence-corrected chi connectivity index (χ4v) is 3.90. The minimum Gasteiger partial charge on any atom is -0.385 e. The van der Waals surface area contributed by atoms with Gasteiger partial charge in [-0.15, -0.1) is 0 Å². The first-order valence-electron chi connectivity index (χ1n) is 8.17. The molecule has 0 radical (unpaired) electrons. The molecule has 2 rings (SSSR count). The highest BCUT2D eigenvalue weighted by Gasteiger charge is 2.55. The lowest BCUT2D eigenvalue weighted by molar-refractivity contribution is -0.154. The van der Waals surface area contributed by atoms with Gasteiger partial charge in [0.1, 0.15) is 0 Å². The highest BCUT2D eigenvalue weighted by Crippen LogP contribution is 2.53. The van der Waals surface area contributed by atoms with Gasteiger partial charge >= 0.3 is 0 Å². The smallest absolute Gasteiger partial charge is 0.0661 e. The first-order valence-corrected chi connectivity index (χ1v) is 8.17. The van der Waals surface area contributed by atoms with Crippen molar-refractivity contribution >= 4 is 0 Å².